The molecule has 1 aliphatic heterocycles. The number of nitrogens with two attached hydrogens (primary N) is 2. The van der Waals surface area contributed by atoms with Crippen LogP contribution >= 0.6 is 0 Å². The van der Waals surface area contributed by atoms with E-state index in [0.717, 1.165) is 30.8 Å². The predicted molar refractivity (Wildman–Crippen MR) is 65.2 cm³/mol. The van der Waals surface area contributed by atoms with Crippen LogP contribution in [-0.4, -0.2) is 48.8 Å². The minimum absolute atomic E-state index is 0.237. The Morgan fingerprint density at radius 1 is 1.06 bits per heavy atom. The molecule has 0 spiro atoms. The number of carbonyl (C=O) groups excluding carboxylic acids is 3. The van der Waals surface area contributed by atoms with Gasteiger partial charge in [0.2, 0.25) is 17.7 Å². The van der Waals surface area contributed by atoms with Crippen molar-refractivity contribution in [2.24, 2.45) is 17.4 Å². The van der Waals surface area contributed by atoms with Crippen molar-refractivity contribution in [1.82, 2.24) is 10.2 Å². The molecule has 0 aromatic carbocycles. The van der Waals surface area contributed by atoms with Crippen molar-refractivity contribution in [2.45, 2.75) is 19.3 Å². The van der Waals surface area contributed by atoms with Crippen molar-refractivity contribution < 1.29 is 14.4 Å². The van der Waals surface area contributed by atoms with Crippen LogP contribution < -0.4 is 16.8 Å². The van der Waals surface area contributed by atoms with Gasteiger partial charge in [0.15, 0.2) is 0 Å². The minimum atomic E-state index is -0.644. The van der Waals surface area contributed by atoms with Gasteiger partial charge in [0.25, 0.3) is 0 Å². The summed E-state index contributed by atoms with van der Waals surface area (Å²) >= 11 is 0. The van der Waals surface area contributed by atoms with E-state index in [1.54, 1.807) is 0 Å². The fraction of sp³-hybridized carbons (Fsp3) is 0.727. The molecule has 0 aromatic rings. The van der Waals surface area contributed by atoms with E-state index in [0.29, 0.717) is 12.3 Å². The van der Waals surface area contributed by atoms with Crippen molar-refractivity contribution in [2.75, 3.05) is 26.2 Å². The molecule has 1 aliphatic rings. The zero-order chi connectivity index (χ0) is 13.5. The van der Waals surface area contributed by atoms with Gasteiger partial charge in [-0.2, -0.15) is 0 Å². The summed E-state index contributed by atoms with van der Waals surface area (Å²) in [5, 5.41) is 3.21. The summed E-state index contributed by atoms with van der Waals surface area (Å²) in [7, 11) is 0. The summed E-state index contributed by atoms with van der Waals surface area (Å²) in [4.78, 5) is 34.8. The van der Waals surface area contributed by atoms with Crippen LogP contribution in [0, 0.1) is 5.92 Å². The Bertz CT molecular complexity index is 310. The molecule has 1 rings (SSSR count). The lowest BCUT2D eigenvalue weighted by Gasteiger charge is -2.25. The van der Waals surface area contributed by atoms with Gasteiger partial charge in [-0.3, -0.25) is 14.4 Å². The normalized spacial score (nSPS) is 16.2. The van der Waals surface area contributed by atoms with E-state index in [9.17, 15) is 14.4 Å². The summed E-state index contributed by atoms with van der Waals surface area (Å²) in [6.45, 7) is 1.27. The van der Waals surface area contributed by atoms with Gasteiger partial charge in [0.1, 0.15) is 0 Å². The van der Waals surface area contributed by atoms with Crippen LogP contribution in [0.3, 0.4) is 0 Å². The number of nitrogens with one attached hydrogen (secondary N) is 1. The van der Waals surface area contributed by atoms with E-state index in [1.807, 2.05) is 0 Å². The highest BCUT2D eigenvalue weighted by Crippen LogP contribution is 2.17. The molecule has 0 aromatic heterocycles. The summed E-state index contributed by atoms with van der Waals surface area (Å²) in [6.07, 6.45) is 2.18. The summed E-state index contributed by atoms with van der Waals surface area (Å²) in [5.74, 6) is -1.23. The van der Waals surface area contributed by atoms with Gasteiger partial charge in [0.05, 0.1) is 13.1 Å². The van der Waals surface area contributed by atoms with Crippen LogP contribution in [0.2, 0.25) is 0 Å². The number of hydrogen-bond acceptors (Lipinski definition) is 4. The Balaban J connectivity index is 2.51. The second-order valence-electron chi connectivity index (χ2n) is 4.58. The van der Waals surface area contributed by atoms with Gasteiger partial charge in [-0.15, -0.1) is 0 Å². The van der Waals surface area contributed by atoms with Crippen molar-refractivity contribution in [3.8, 4) is 0 Å². The lowest BCUT2D eigenvalue weighted by molar-refractivity contribution is -0.139. The first kappa shape index (κ1) is 14.4. The average Bonchev–Trinajstić information content (AvgIpc) is 2.28. The molecule has 0 atom stereocenters. The highest BCUT2D eigenvalue weighted by Gasteiger charge is 2.22. The number of hydrogen-bond donors (Lipinski definition) is 3. The van der Waals surface area contributed by atoms with Gasteiger partial charge < -0.3 is 21.7 Å². The number of carbonyl (C=O) groups is 3. The van der Waals surface area contributed by atoms with E-state index in [4.69, 9.17) is 11.5 Å². The molecule has 0 aliphatic carbocycles. The molecule has 0 bridgehead atoms. The third-order valence-electron chi connectivity index (χ3n) is 2.97. The monoisotopic (exact) mass is 256 g/mol. The second-order valence-corrected chi connectivity index (χ2v) is 4.58. The van der Waals surface area contributed by atoms with Crippen LogP contribution in [0.5, 0.6) is 0 Å². The molecule has 1 fully saturated rings. The predicted octanol–water partition coefficient (Wildman–Crippen LogP) is -1.82. The van der Waals surface area contributed by atoms with Crippen LogP contribution in [0.4, 0.5) is 0 Å². The Hall–Kier alpha value is -1.63. The van der Waals surface area contributed by atoms with Crippen LogP contribution in [0.25, 0.3) is 0 Å². The molecule has 1 heterocycles. The molecular weight excluding hydrogens is 236 g/mol. The molecule has 3 amide bonds. The molecular formula is C11H20N4O3. The number of nitrogens with zero attached hydrogens (tertiary/aromatic N) is 1. The number of piperidine rings is 1. The van der Waals surface area contributed by atoms with E-state index < -0.39 is 11.8 Å². The fourth-order valence-corrected chi connectivity index (χ4v) is 2.07. The summed E-state index contributed by atoms with van der Waals surface area (Å²) in [6, 6.07) is 0. The quantitative estimate of drug-likeness (QED) is 0.518. The maximum Gasteiger partial charge on any atom is 0.237 e. The Kier molecular flexibility index (Phi) is 5.57. The third kappa shape index (κ3) is 5.13. The fourth-order valence-electron chi connectivity index (χ4n) is 2.07. The maximum atomic E-state index is 12.0. The zero-order valence-corrected chi connectivity index (χ0v) is 10.4. The van der Waals surface area contributed by atoms with E-state index in [2.05, 4.69) is 5.32 Å². The Morgan fingerprint density at radius 3 is 2.00 bits per heavy atom. The van der Waals surface area contributed by atoms with Gasteiger partial charge in [-0.25, -0.2) is 0 Å². The molecule has 0 saturated carbocycles. The minimum Gasteiger partial charge on any atom is -0.368 e. The lowest BCUT2D eigenvalue weighted by atomic mass is 9.94. The number of amides is 3. The van der Waals surface area contributed by atoms with Gasteiger partial charge in [0, 0.05) is 6.42 Å². The van der Waals surface area contributed by atoms with E-state index in [-0.39, 0.29) is 19.0 Å². The smallest absolute Gasteiger partial charge is 0.237 e. The number of rotatable bonds is 6. The Labute approximate surface area is 106 Å². The third-order valence-corrected chi connectivity index (χ3v) is 2.97. The van der Waals surface area contributed by atoms with Gasteiger partial charge in [-0.05, 0) is 31.8 Å². The van der Waals surface area contributed by atoms with Crippen LogP contribution in [-0.2, 0) is 14.4 Å². The molecule has 7 nitrogen and oxygen atoms in total. The van der Waals surface area contributed by atoms with Crippen LogP contribution in [0.15, 0.2) is 0 Å². The standard InChI is InChI=1S/C11H20N4O3/c12-9(16)6-15(7-10(13)17)11(18)5-8-1-3-14-4-2-8/h8,14H,1-7H2,(H2,12,16)(H2,13,17). The van der Waals surface area contributed by atoms with Crippen molar-refractivity contribution in [1.29, 1.82) is 0 Å². The molecule has 1 saturated heterocycles. The van der Waals surface area contributed by atoms with Crippen molar-refractivity contribution in [3.05, 3.63) is 0 Å². The van der Waals surface area contributed by atoms with Crippen molar-refractivity contribution in [3.63, 3.8) is 0 Å². The average molecular weight is 256 g/mol. The first-order valence-corrected chi connectivity index (χ1v) is 6.04. The first-order valence-electron chi connectivity index (χ1n) is 6.04. The topological polar surface area (TPSA) is 119 Å². The molecule has 18 heavy (non-hydrogen) atoms. The van der Waals surface area contributed by atoms with Crippen LogP contribution in [0.1, 0.15) is 19.3 Å². The highest BCUT2D eigenvalue weighted by molar-refractivity contribution is 5.88. The first-order chi connectivity index (χ1) is 8.49. The van der Waals surface area contributed by atoms with E-state index >= 15 is 0 Å². The lowest BCUT2D eigenvalue weighted by Crippen LogP contribution is -2.44. The Morgan fingerprint density at radius 2 is 1.56 bits per heavy atom. The zero-order valence-electron chi connectivity index (χ0n) is 10.4. The maximum absolute atomic E-state index is 12.0. The second kappa shape index (κ2) is 6.95. The van der Waals surface area contributed by atoms with Crippen molar-refractivity contribution >= 4 is 17.7 Å². The number of primary amides is 2. The summed E-state index contributed by atoms with van der Waals surface area (Å²) < 4.78 is 0. The van der Waals surface area contributed by atoms with Gasteiger partial charge >= 0.3 is 0 Å². The molecule has 0 unspecified atom stereocenters. The largest absolute Gasteiger partial charge is 0.368 e. The summed E-state index contributed by atoms with van der Waals surface area (Å²) in [5.41, 5.74) is 10.1. The molecule has 5 N–H and O–H groups in total. The SMILES string of the molecule is NC(=O)CN(CC(N)=O)C(=O)CC1CCNCC1. The highest BCUT2D eigenvalue weighted by atomic mass is 16.2. The molecule has 102 valence electrons. The van der Waals surface area contributed by atoms with Gasteiger partial charge in [-0.1, -0.05) is 0 Å². The van der Waals surface area contributed by atoms with E-state index in [1.165, 1.54) is 0 Å². The molecule has 0 radical (unpaired) electrons. The molecule has 7 heteroatoms.